The highest BCUT2D eigenvalue weighted by atomic mass is 32.1. The zero-order chi connectivity index (χ0) is 41.6. The molecule has 2 rings (SSSR count). The van der Waals surface area contributed by atoms with Gasteiger partial charge in [0.25, 0.3) is 7.06 Å². The van der Waals surface area contributed by atoms with Crippen molar-refractivity contribution in [3.63, 3.8) is 0 Å². The molecule has 0 heterocycles. The Kier molecular flexibility index (Phi) is 24.0. The Morgan fingerprint density at radius 1 is 0.745 bits per heavy atom. The van der Waals surface area contributed by atoms with Gasteiger partial charge in [-0.1, -0.05) is 38.0 Å². The molecule has 274 valence electrons. The van der Waals surface area contributed by atoms with Gasteiger partial charge in [-0.05, 0) is 193 Å². The van der Waals surface area contributed by atoms with Crippen molar-refractivity contribution in [3.05, 3.63) is 0 Å². The summed E-state index contributed by atoms with van der Waals surface area (Å²) in [5, 5.41) is 25.8. The quantitative estimate of drug-likeness (QED) is 0.165. The van der Waals surface area contributed by atoms with Crippen LogP contribution >= 0.6 is 14.3 Å². The first-order valence-electron chi connectivity index (χ1n) is 15.8. The van der Waals surface area contributed by atoms with Crippen molar-refractivity contribution >= 4 is 20.3 Å². The molecule has 7 unspecified atom stereocenters. The molecular formula is C44H30O9P2-4. The van der Waals surface area contributed by atoms with E-state index in [9.17, 15) is 34.1 Å². The van der Waals surface area contributed by atoms with Gasteiger partial charge in [0.1, 0.15) is 0 Å². The number of rotatable bonds is 6. The fourth-order valence-corrected chi connectivity index (χ4v) is 10.1. The first-order valence-corrected chi connectivity index (χ1v) is 19.7. The zero-order valence-corrected chi connectivity index (χ0v) is 32.0. The Balaban J connectivity index is 0.00000163. The van der Waals surface area contributed by atoms with Gasteiger partial charge >= 0.3 is 0 Å². The Hall–Kier alpha value is -6.43. The second kappa shape index (κ2) is 27.2. The molecule has 7 atom stereocenters. The van der Waals surface area contributed by atoms with E-state index in [1.165, 1.54) is 6.92 Å². The van der Waals surface area contributed by atoms with Gasteiger partial charge in [-0.15, -0.1) is 19.3 Å². The Morgan fingerprint density at radius 2 is 1.18 bits per heavy atom. The third-order valence-corrected chi connectivity index (χ3v) is 13.5. The molecule has 2 aliphatic carbocycles. The molecule has 9 nitrogen and oxygen atoms in total. The molecule has 0 aromatic rings. The van der Waals surface area contributed by atoms with Crippen molar-refractivity contribution in [1.82, 2.24) is 0 Å². The van der Waals surface area contributed by atoms with Gasteiger partial charge in [0, 0.05) is 24.3 Å². The van der Waals surface area contributed by atoms with Gasteiger partial charge in [-0.2, -0.15) is 4.67 Å². The van der Waals surface area contributed by atoms with E-state index in [1.807, 2.05) is 0 Å². The lowest BCUT2D eigenvalue weighted by molar-refractivity contribution is -0.779. The van der Waals surface area contributed by atoms with E-state index in [4.69, 9.17) is 19.3 Å². The standard InChI is InChI=1S/C29H28O9P2.C10H2.C5H4/c1-4-5-6-7-8-9-10-11-12-13-14-15-16-19-29-20-17-18-26(29)23(2)21-27(25(22-29)24(3)28(30)31)39(33,38-37-32)40(34,35)36;1-3-5-7-9-10-8-6-4-2;1-3-5-4-2/h23-27,32H,17-18,20-22H2,1-3H3,(H,30,31)(H2,34,35,36);1-2H;1H,2H3/p-4. The molecule has 0 bridgehead atoms. The lowest BCUT2D eigenvalue weighted by atomic mass is 9.69. The molecule has 0 aromatic heterocycles. The number of carbonyl (C=O) groups is 1. The molecule has 0 aromatic carbocycles. The number of terminal acetylenes is 3. The molecule has 0 spiro atoms. The number of carboxylic acids is 1. The average molecular weight is 765 g/mol. The predicted octanol–water partition coefficient (Wildman–Crippen LogP) is 0.854. The minimum Gasteiger partial charge on any atom is -0.804 e. The molecule has 2 fully saturated rings. The maximum absolute atomic E-state index is 13.4. The normalized spacial score (nSPS) is 20.3. The van der Waals surface area contributed by atoms with E-state index >= 15 is 0 Å². The number of fused-ring (bicyclic) bond motifs is 1. The van der Waals surface area contributed by atoms with Crippen molar-refractivity contribution in [2.75, 3.05) is 0 Å². The second-order valence-electron chi connectivity index (χ2n) is 11.0. The number of hydrogen-bond donors (Lipinski definition) is 0. The van der Waals surface area contributed by atoms with E-state index < -0.39 is 43.2 Å². The Morgan fingerprint density at radius 3 is 1.56 bits per heavy atom. The van der Waals surface area contributed by atoms with Gasteiger partial charge in [0.15, 0.2) is 0 Å². The minimum absolute atomic E-state index is 0.0226. The van der Waals surface area contributed by atoms with Crippen molar-refractivity contribution in [2.24, 2.45) is 29.1 Å². The summed E-state index contributed by atoms with van der Waals surface area (Å²) >= 11 is 0. The second-order valence-corrected chi connectivity index (χ2v) is 17.0. The summed E-state index contributed by atoms with van der Waals surface area (Å²) in [6.45, 7) is 6.41. The summed E-state index contributed by atoms with van der Waals surface area (Å²) in [5.41, 5.74) is -2.42. The fourth-order valence-electron chi connectivity index (χ4n) is 5.85. The van der Waals surface area contributed by atoms with Crippen molar-refractivity contribution in [2.45, 2.75) is 65.5 Å². The van der Waals surface area contributed by atoms with E-state index in [2.05, 4.69) is 158 Å². The number of aliphatic carboxylic acids is 1. The van der Waals surface area contributed by atoms with Crippen LogP contribution in [-0.4, -0.2) is 11.6 Å². The minimum atomic E-state index is -6.04. The fraction of sp³-hybridized carbons (Fsp3) is 0.341. The highest BCUT2D eigenvalue weighted by molar-refractivity contribution is 8.28. The van der Waals surface area contributed by atoms with Crippen molar-refractivity contribution in [3.8, 4) is 167 Å². The van der Waals surface area contributed by atoms with Gasteiger partial charge in [-0.25, -0.2) is 0 Å². The Labute approximate surface area is 325 Å². The maximum atomic E-state index is 13.4. The van der Waals surface area contributed by atoms with Crippen molar-refractivity contribution in [1.29, 1.82) is 0 Å². The summed E-state index contributed by atoms with van der Waals surface area (Å²) in [4.78, 5) is 36.0. The molecule has 2 saturated carbocycles. The van der Waals surface area contributed by atoms with Crippen LogP contribution < -0.4 is 20.2 Å². The number of hydrogen-bond acceptors (Lipinski definition) is 9. The van der Waals surface area contributed by atoms with Gasteiger partial charge in [0.2, 0.25) is 0 Å². The average Bonchev–Trinajstić information content (AvgIpc) is 3.51. The zero-order valence-electron chi connectivity index (χ0n) is 30.2. The first-order chi connectivity index (χ1) is 26.3. The van der Waals surface area contributed by atoms with Crippen LogP contribution in [0, 0.1) is 196 Å². The summed E-state index contributed by atoms with van der Waals surface area (Å²) in [6.07, 6.45) is 16.1. The van der Waals surface area contributed by atoms with Crippen LogP contribution in [0.2, 0.25) is 0 Å². The van der Waals surface area contributed by atoms with E-state index in [-0.39, 0.29) is 24.7 Å². The molecule has 2 aliphatic rings. The van der Waals surface area contributed by atoms with E-state index in [0.29, 0.717) is 12.8 Å². The van der Waals surface area contributed by atoms with Crippen LogP contribution in [-0.2, 0) is 23.6 Å². The van der Waals surface area contributed by atoms with Crippen molar-refractivity contribution < 1.29 is 43.8 Å². The van der Waals surface area contributed by atoms with Gasteiger partial charge < -0.3 is 29.5 Å². The predicted molar refractivity (Wildman–Crippen MR) is 200 cm³/mol. The summed E-state index contributed by atoms with van der Waals surface area (Å²) in [5.74, 6) is 57.1. The third kappa shape index (κ3) is 17.3. The topological polar surface area (TPSA) is 162 Å². The molecule has 0 saturated heterocycles. The molecule has 0 N–H and O–H groups in total. The maximum Gasteiger partial charge on any atom is 0.263 e. The van der Waals surface area contributed by atoms with Crippen LogP contribution in [0.3, 0.4) is 0 Å². The van der Waals surface area contributed by atoms with Crippen LogP contribution in [0.25, 0.3) is 0 Å². The lowest BCUT2D eigenvalue weighted by Gasteiger charge is -2.45. The van der Waals surface area contributed by atoms with Crippen LogP contribution in [0.5, 0.6) is 0 Å². The van der Waals surface area contributed by atoms with Crippen LogP contribution in [0.4, 0.5) is 0 Å². The SMILES string of the molecule is C#CC#CC.C#CC#CC#CC#CC#C.CC#CC#CC#CC#CC#CC#CC#CC12CCCC1C(C)CC(P(=O)(OO[O-])P(=O)([O-])[O-])C(C(C)C(=O)[O-])C2. The molecule has 0 radical (unpaired) electrons. The van der Waals surface area contributed by atoms with E-state index in [1.54, 1.807) is 20.8 Å². The van der Waals surface area contributed by atoms with Gasteiger partial charge in [0.05, 0.1) is 0 Å². The Bertz CT molecular complexity index is 2340. The van der Waals surface area contributed by atoms with Crippen LogP contribution in [0.15, 0.2) is 0 Å². The summed E-state index contributed by atoms with van der Waals surface area (Å²) < 4.78 is 29.6. The first kappa shape index (κ1) is 48.6. The smallest absolute Gasteiger partial charge is 0.263 e. The molecule has 0 aliphatic heterocycles. The third-order valence-electron chi connectivity index (χ3n) is 7.93. The largest absolute Gasteiger partial charge is 0.804 e. The lowest BCUT2D eigenvalue weighted by Crippen LogP contribution is -2.41. The molecule has 55 heavy (non-hydrogen) atoms. The summed E-state index contributed by atoms with van der Waals surface area (Å²) in [7, 11) is -11.4. The molecular weight excluding hydrogens is 734 g/mol. The molecule has 11 heteroatoms. The monoisotopic (exact) mass is 764 g/mol. The summed E-state index contributed by atoms with van der Waals surface area (Å²) in [6, 6.07) is 0. The number of carboxylic acid groups (broad SMARTS) is 1. The van der Waals surface area contributed by atoms with Crippen LogP contribution in [0.1, 0.15) is 59.8 Å². The van der Waals surface area contributed by atoms with E-state index in [0.717, 1.165) is 6.42 Å². The molecule has 0 amide bonds. The number of carbonyl (C=O) groups excluding carboxylic acids is 1. The highest BCUT2D eigenvalue weighted by Crippen LogP contribution is 2.79. The highest BCUT2D eigenvalue weighted by Gasteiger charge is 2.55. The van der Waals surface area contributed by atoms with Gasteiger partial charge in [-0.3, -0.25) is 9.60 Å².